The molecule has 0 amide bonds. The monoisotopic (exact) mass is 371 g/mol. The van der Waals surface area contributed by atoms with Gasteiger partial charge in [0.1, 0.15) is 11.9 Å². The van der Waals surface area contributed by atoms with Gasteiger partial charge in [0.25, 0.3) is 0 Å². The number of furan rings is 1. The van der Waals surface area contributed by atoms with Crippen molar-refractivity contribution in [2.75, 3.05) is 46.5 Å². The Labute approximate surface area is 161 Å². The zero-order valence-electron chi connectivity index (χ0n) is 16.2. The average Bonchev–Trinajstić information content (AvgIpc) is 3.21. The highest BCUT2D eigenvalue weighted by molar-refractivity contribution is 5.80. The lowest BCUT2D eigenvalue weighted by Gasteiger charge is -2.36. The number of nitrogens with zero attached hydrogens (tertiary/aromatic N) is 2. The molecule has 1 aliphatic rings. The molecule has 0 bridgehead atoms. The first-order valence-electron chi connectivity index (χ1n) is 9.49. The van der Waals surface area contributed by atoms with Crippen LogP contribution in [-0.4, -0.2) is 57.4 Å². The quantitative estimate of drug-likeness (QED) is 0.461. The van der Waals surface area contributed by atoms with Gasteiger partial charge in [0.05, 0.1) is 32.6 Å². The van der Waals surface area contributed by atoms with E-state index in [0.29, 0.717) is 19.8 Å². The highest BCUT2D eigenvalue weighted by Crippen LogP contribution is 2.25. The number of morpholine rings is 1. The summed E-state index contributed by atoms with van der Waals surface area (Å²) in [6, 6.07) is 12.3. The van der Waals surface area contributed by atoms with E-state index < -0.39 is 0 Å². The molecule has 1 saturated heterocycles. The van der Waals surface area contributed by atoms with E-state index >= 15 is 0 Å². The van der Waals surface area contributed by atoms with Crippen LogP contribution in [0.1, 0.15) is 23.0 Å². The van der Waals surface area contributed by atoms with Crippen LogP contribution in [0, 0.1) is 6.92 Å². The summed E-state index contributed by atoms with van der Waals surface area (Å²) in [5, 5.41) is 3.48. The maximum atomic E-state index is 6.05. The summed E-state index contributed by atoms with van der Waals surface area (Å²) in [5.74, 6) is 1.87. The Morgan fingerprint density at radius 2 is 2.19 bits per heavy atom. The van der Waals surface area contributed by atoms with Gasteiger partial charge in [-0.2, -0.15) is 0 Å². The molecule has 0 spiro atoms. The summed E-state index contributed by atoms with van der Waals surface area (Å²) < 4.78 is 16.6. The van der Waals surface area contributed by atoms with Crippen molar-refractivity contribution < 1.29 is 13.9 Å². The molecular formula is C21H29N3O3. The van der Waals surface area contributed by atoms with Crippen LogP contribution in [0.25, 0.3) is 0 Å². The van der Waals surface area contributed by atoms with Gasteiger partial charge in [-0.3, -0.25) is 4.99 Å². The summed E-state index contributed by atoms with van der Waals surface area (Å²) in [7, 11) is 1.70. The third-order valence-electron chi connectivity index (χ3n) is 4.69. The number of rotatable bonds is 7. The molecule has 0 saturated carbocycles. The number of guanidine groups is 1. The van der Waals surface area contributed by atoms with E-state index in [1.54, 1.807) is 13.4 Å². The molecule has 0 aliphatic carbocycles. The van der Waals surface area contributed by atoms with Crippen LogP contribution in [0.4, 0.5) is 0 Å². The van der Waals surface area contributed by atoms with Crippen molar-refractivity contribution in [2.45, 2.75) is 19.4 Å². The van der Waals surface area contributed by atoms with Crippen molar-refractivity contribution >= 4 is 5.96 Å². The fourth-order valence-electron chi connectivity index (χ4n) is 3.24. The minimum absolute atomic E-state index is 0.0550. The van der Waals surface area contributed by atoms with E-state index in [9.17, 15) is 0 Å². The molecule has 2 aromatic rings. The molecular weight excluding hydrogens is 342 g/mol. The summed E-state index contributed by atoms with van der Waals surface area (Å²) in [6.45, 7) is 6.42. The second-order valence-corrected chi connectivity index (χ2v) is 6.62. The lowest BCUT2D eigenvalue weighted by atomic mass is 10.0. The van der Waals surface area contributed by atoms with Crippen LogP contribution >= 0.6 is 0 Å². The van der Waals surface area contributed by atoms with Gasteiger partial charge in [-0.25, -0.2) is 0 Å². The SMILES string of the molecule is COCCN=C(NCCc1ccco1)N1CCOC(c2ccccc2C)C1. The number of benzene rings is 1. The molecule has 146 valence electrons. The summed E-state index contributed by atoms with van der Waals surface area (Å²) in [5.41, 5.74) is 2.50. The van der Waals surface area contributed by atoms with Crippen LogP contribution in [0.2, 0.25) is 0 Å². The molecule has 1 aromatic carbocycles. The topological polar surface area (TPSA) is 59.2 Å². The van der Waals surface area contributed by atoms with Crippen molar-refractivity contribution in [3.8, 4) is 0 Å². The number of ether oxygens (including phenoxy) is 2. The molecule has 1 fully saturated rings. The molecule has 27 heavy (non-hydrogen) atoms. The van der Waals surface area contributed by atoms with Gasteiger partial charge in [-0.05, 0) is 30.2 Å². The van der Waals surface area contributed by atoms with E-state index in [4.69, 9.17) is 18.9 Å². The number of methoxy groups -OCH3 is 1. The van der Waals surface area contributed by atoms with Gasteiger partial charge in [0, 0.05) is 26.6 Å². The van der Waals surface area contributed by atoms with E-state index in [1.807, 2.05) is 12.1 Å². The second kappa shape index (κ2) is 10.1. The Balaban J connectivity index is 1.64. The van der Waals surface area contributed by atoms with E-state index in [2.05, 4.69) is 41.4 Å². The summed E-state index contributed by atoms with van der Waals surface area (Å²) in [6.07, 6.45) is 2.58. The Morgan fingerprint density at radius 3 is 2.96 bits per heavy atom. The molecule has 1 unspecified atom stereocenters. The normalized spacial score (nSPS) is 17.9. The fourth-order valence-corrected chi connectivity index (χ4v) is 3.24. The Kier molecular flexibility index (Phi) is 7.30. The number of aryl methyl sites for hydroxylation is 1. The predicted molar refractivity (Wildman–Crippen MR) is 106 cm³/mol. The minimum atomic E-state index is 0.0550. The Hall–Kier alpha value is -2.31. The van der Waals surface area contributed by atoms with Crippen molar-refractivity contribution in [1.29, 1.82) is 0 Å². The van der Waals surface area contributed by atoms with E-state index in [1.165, 1.54) is 11.1 Å². The smallest absolute Gasteiger partial charge is 0.194 e. The summed E-state index contributed by atoms with van der Waals surface area (Å²) in [4.78, 5) is 7.00. The highest BCUT2D eigenvalue weighted by Gasteiger charge is 2.25. The minimum Gasteiger partial charge on any atom is -0.469 e. The van der Waals surface area contributed by atoms with Crippen LogP contribution < -0.4 is 5.32 Å². The van der Waals surface area contributed by atoms with E-state index in [0.717, 1.165) is 37.8 Å². The van der Waals surface area contributed by atoms with Crippen molar-refractivity contribution in [2.24, 2.45) is 4.99 Å². The molecule has 1 N–H and O–H groups in total. The number of hydrogen-bond acceptors (Lipinski definition) is 4. The highest BCUT2D eigenvalue weighted by atomic mass is 16.5. The van der Waals surface area contributed by atoms with Crippen LogP contribution in [-0.2, 0) is 15.9 Å². The molecule has 1 aliphatic heterocycles. The fraction of sp³-hybridized carbons (Fsp3) is 0.476. The Morgan fingerprint density at radius 1 is 1.30 bits per heavy atom. The zero-order chi connectivity index (χ0) is 18.9. The van der Waals surface area contributed by atoms with Gasteiger partial charge in [0.2, 0.25) is 0 Å². The molecule has 6 nitrogen and oxygen atoms in total. The van der Waals surface area contributed by atoms with Crippen molar-refractivity contribution in [3.05, 3.63) is 59.5 Å². The third kappa shape index (κ3) is 5.58. The molecule has 1 aromatic heterocycles. The van der Waals surface area contributed by atoms with Gasteiger partial charge in [-0.15, -0.1) is 0 Å². The standard InChI is InChI=1S/C21H29N3O3/c1-17-6-3-4-8-19(17)20-16-24(12-15-27-20)21(23-11-14-25-2)22-10-9-18-7-5-13-26-18/h3-8,13,20H,9-12,14-16H2,1-2H3,(H,22,23). The third-order valence-corrected chi connectivity index (χ3v) is 4.69. The first kappa shape index (κ1) is 19.5. The van der Waals surface area contributed by atoms with Gasteiger partial charge < -0.3 is 24.1 Å². The van der Waals surface area contributed by atoms with Crippen LogP contribution in [0.5, 0.6) is 0 Å². The van der Waals surface area contributed by atoms with Crippen molar-refractivity contribution in [1.82, 2.24) is 10.2 Å². The lowest BCUT2D eigenvalue weighted by Crippen LogP contribution is -2.48. The molecule has 0 radical (unpaired) electrons. The predicted octanol–water partition coefficient (Wildman–Crippen LogP) is 2.80. The van der Waals surface area contributed by atoms with Gasteiger partial charge >= 0.3 is 0 Å². The average molecular weight is 371 g/mol. The molecule has 6 heteroatoms. The van der Waals surface area contributed by atoms with E-state index in [-0.39, 0.29) is 6.10 Å². The second-order valence-electron chi connectivity index (χ2n) is 6.62. The van der Waals surface area contributed by atoms with Crippen molar-refractivity contribution in [3.63, 3.8) is 0 Å². The number of nitrogens with one attached hydrogen (secondary N) is 1. The first-order chi connectivity index (χ1) is 13.3. The largest absolute Gasteiger partial charge is 0.469 e. The van der Waals surface area contributed by atoms with Gasteiger partial charge in [-0.1, -0.05) is 24.3 Å². The van der Waals surface area contributed by atoms with Gasteiger partial charge in [0.15, 0.2) is 5.96 Å². The number of aliphatic imine (C=N–C) groups is 1. The number of hydrogen-bond donors (Lipinski definition) is 1. The van der Waals surface area contributed by atoms with Crippen LogP contribution in [0.3, 0.4) is 0 Å². The maximum Gasteiger partial charge on any atom is 0.194 e. The van der Waals surface area contributed by atoms with Crippen LogP contribution in [0.15, 0.2) is 52.1 Å². The lowest BCUT2D eigenvalue weighted by molar-refractivity contribution is -0.00838. The molecule has 2 heterocycles. The Bertz CT molecular complexity index is 715. The zero-order valence-corrected chi connectivity index (χ0v) is 16.2. The maximum absolute atomic E-state index is 6.05. The first-order valence-corrected chi connectivity index (χ1v) is 9.49. The molecule has 3 rings (SSSR count). The summed E-state index contributed by atoms with van der Waals surface area (Å²) >= 11 is 0. The molecule has 1 atom stereocenters.